The van der Waals surface area contributed by atoms with Crippen LogP contribution in [-0.2, 0) is 0 Å². The Bertz CT molecular complexity index is 307. The van der Waals surface area contributed by atoms with E-state index < -0.39 is 0 Å². The number of nitrogens with two attached hydrogens (primary N) is 1. The Morgan fingerprint density at radius 2 is 2.21 bits per heavy atom. The first-order chi connectivity index (χ1) is 6.60. The lowest BCUT2D eigenvalue weighted by molar-refractivity contribution is 0.596. The molecule has 14 heavy (non-hydrogen) atoms. The molecule has 0 aliphatic carbocycles. The van der Waals surface area contributed by atoms with Gasteiger partial charge in [-0.2, -0.15) is 0 Å². The fraction of sp³-hybridized carbons (Fsp3) is 0.400. The molecule has 0 spiro atoms. The monoisotopic (exact) mass is 233 g/mol. The second-order valence-electron chi connectivity index (χ2n) is 3.15. The molecule has 0 aromatic heterocycles. The lowest BCUT2D eigenvalue weighted by Gasteiger charge is -2.11. The van der Waals surface area contributed by atoms with Crippen molar-refractivity contribution in [1.82, 2.24) is 0 Å². The molecule has 2 N–H and O–H groups in total. The van der Waals surface area contributed by atoms with Gasteiger partial charge in [-0.3, -0.25) is 0 Å². The van der Waals surface area contributed by atoms with Crippen molar-refractivity contribution in [3.8, 4) is 0 Å². The molecule has 0 heterocycles. The van der Waals surface area contributed by atoms with Crippen LogP contribution in [0.4, 0.5) is 4.39 Å². The fourth-order valence-electron chi connectivity index (χ4n) is 1.20. The van der Waals surface area contributed by atoms with E-state index in [0.717, 1.165) is 5.56 Å². The molecule has 4 heteroatoms. The van der Waals surface area contributed by atoms with Crippen LogP contribution < -0.4 is 5.73 Å². The molecular formula is C10H13ClFNS. The van der Waals surface area contributed by atoms with Gasteiger partial charge in [-0.05, 0) is 36.4 Å². The molecule has 1 unspecified atom stereocenters. The van der Waals surface area contributed by atoms with Gasteiger partial charge in [0, 0.05) is 0 Å². The number of hydrogen-bond donors (Lipinski definition) is 1. The Kier molecular flexibility index (Phi) is 4.23. The van der Waals surface area contributed by atoms with Gasteiger partial charge in [0.05, 0.1) is 9.92 Å². The zero-order chi connectivity index (χ0) is 10.7. The highest BCUT2D eigenvalue weighted by Crippen LogP contribution is 2.31. The van der Waals surface area contributed by atoms with E-state index in [0.29, 0.717) is 16.5 Å². The molecule has 78 valence electrons. The summed E-state index contributed by atoms with van der Waals surface area (Å²) in [6.07, 6.45) is 1.80. The predicted octanol–water partition coefficient (Wildman–Crippen LogP) is 3.26. The summed E-state index contributed by atoms with van der Waals surface area (Å²) < 4.78 is 13.5. The highest BCUT2D eigenvalue weighted by atomic mass is 35.5. The number of hydrogen-bond acceptors (Lipinski definition) is 2. The summed E-state index contributed by atoms with van der Waals surface area (Å²) in [4.78, 5) is 0.500. The molecule has 1 rings (SSSR count). The standard InChI is InChI=1S/C10H13ClFNS/c1-6(5-13)7-3-8(11)10(14-2)9(12)4-7/h3-4,6H,5,13H2,1-2H3. The van der Waals surface area contributed by atoms with E-state index in [-0.39, 0.29) is 11.7 Å². The van der Waals surface area contributed by atoms with Crippen LogP contribution in [0, 0.1) is 5.82 Å². The van der Waals surface area contributed by atoms with Gasteiger partial charge in [-0.1, -0.05) is 18.5 Å². The maximum absolute atomic E-state index is 13.5. The summed E-state index contributed by atoms with van der Waals surface area (Å²) in [5.41, 5.74) is 6.36. The SMILES string of the molecule is CSc1c(F)cc(C(C)CN)cc1Cl. The van der Waals surface area contributed by atoms with Crippen LogP contribution in [-0.4, -0.2) is 12.8 Å². The average Bonchev–Trinajstić information content (AvgIpc) is 2.16. The molecule has 0 aliphatic rings. The van der Waals surface area contributed by atoms with E-state index in [2.05, 4.69) is 0 Å². The molecule has 0 amide bonds. The third-order valence-electron chi connectivity index (χ3n) is 2.15. The molecule has 0 aliphatic heterocycles. The van der Waals surface area contributed by atoms with Crippen LogP contribution >= 0.6 is 23.4 Å². The third-order valence-corrected chi connectivity index (χ3v) is 3.38. The normalized spacial score (nSPS) is 12.9. The molecule has 1 nitrogen and oxygen atoms in total. The van der Waals surface area contributed by atoms with Crippen LogP contribution in [0.3, 0.4) is 0 Å². The summed E-state index contributed by atoms with van der Waals surface area (Å²) in [6, 6.07) is 3.29. The number of benzene rings is 1. The number of rotatable bonds is 3. The van der Waals surface area contributed by atoms with Crippen molar-refractivity contribution in [2.24, 2.45) is 5.73 Å². The van der Waals surface area contributed by atoms with Gasteiger partial charge in [0.25, 0.3) is 0 Å². The van der Waals surface area contributed by atoms with Crippen LogP contribution in [0.2, 0.25) is 5.02 Å². The maximum atomic E-state index is 13.5. The van der Waals surface area contributed by atoms with Gasteiger partial charge in [0.15, 0.2) is 0 Å². The minimum absolute atomic E-state index is 0.137. The van der Waals surface area contributed by atoms with E-state index >= 15 is 0 Å². The Morgan fingerprint density at radius 3 is 2.64 bits per heavy atom. The number of thioether (sulfide) groups is 1. The van der Waals surface area contributed by atoms with Gasteiger partial charge in [-0.15, -0.1) is 11.8 Å². The van der Waals surface area contributed by atoms with Gasteiger partial charge in [0.2, 0.25) is 0 Å². The highest BCUT2D eigenvalue weighted by molar-refractivity contribution is 7.98. The third kappa shape index (κ3) is 2.41. The Morgan fingerprint density at radius 1 is 1.57 bits per heavy atom. The zero-order valence-corrected chi connectivity index (χ0v) is 9.75. The molecular weight excluding hydrogens is 221 g/mol. The van der Waals surface area contributed by atoms with Crippen molar-refractivity contribution in [1.29, 1.82) is 0 Å². The smallest absolute Gasteiger partial charge is 0.138 e. The Hall–Kier alpha value is -0.250. The number of halogens is 2. The van der Waals surface area contributed by atoms with Crippen LogP contribution in [0.5, 0.6) is 0 Å². The van der Waals surface area contributed by atoms with Crippen LogP contribution in [0.15, 0.2) is 17.0 Å². The van der Waals surface area contributed by atoms with E-state index in [4.69, 9.17) is 17.3 Å². The summed E-state index contributed by atoms with van der Waals surface area (Å²) >= 11 is 7.25. The minimum atomic E-state index is -0.264. The lowest BCUT2D eigenvalue weighted by atomic mass is 10.0. The molecule has 0 radical (unpaired) electrons. The highest BCUT2D eigenvalue weighted by Gasteiger charge is 2.11. The summed E-state index contributed by atoms with van der Waals surface area (Å²) in [6.45, 7) is 2.44. The fourth-order valence-corrected chi connectivity index (χ4v) is 2.15. The van der Waals surface area contributed by atoms with Crippen molar-refractivity contribution >= 4 is 23.4 Å². The molecule has 0 fully saturated rings. The first kappa shape index (κ1) is 11.8. The summed E-state index contributed by atoms with van der Waals surface area (Å²) in [7, 11) is 0. The van der Waals surface area contributed by atoms with Crippen molar-refractivity contribution in [3.05, 3.63) is 28.5 Å². The topological polar surface area (TPSA) is 26.0 Å². The van der Waals surface area contributed by atoms with Gasteiger partial charge < -0.3 is 5.73 Å². The van der Waals surface area contributed by atoms with E-state index in [1.165, 1.54) is 17.8 Å². The Balaban J connectivity index is 3.13. The quantitative estimate of drug-likeness (QED) is 0.811. The summed E-state index contributed by atoms with van der Waals surface area (Å²) in [5.74, 6) is -0.127. The van der Waals surface area contributed by atoms with Gasteiger partial charge in [0.1, 0.15) is 5.82 Å². The van der Waals surface area contributed by atoms with Gasteiger partial charge in [-0.25, -0.2) is 4.39 Å². The first-order valence-corrected chi connectivity index (χ1v) is 5.93. The lowest BCUT2D eigenvalue weighted by Crippen LogP contribution is -2.09. The minimum Gasteiger partial charge on any atom is -0.330 e. The maximum Gasteiger partial charge on any atom is 0.138 e. The Labute approximate surface area is 92.8 Å². The first-order valence-electron chi connectivity index (χ1n) is 4.33. The van der Waals surface area contributed by atoms with E-state index in [1.807, 2.05) is 6.92 Å². The second-order valence-corrected chi connectivity index (χ2v) is 4.38. The van der Waals surface area contributed by atoms with Gasteiger partial charge >= 0.3 is 0 Å². The average molecular weight is 234 g/mol. The van der Waals surface area contributed by atoms with E-state index in [9.17, 15) is 4.39 Å². The largest absolute Gasteiger partial charge is 0.330 e. The van der Waals surface area contributed by atoms with Crippen LogP contribution in [0.1, 0.15) is 18.4 Å². The molecule has 1 aromatic rings. The second kappa shape index (κ2) is 5.01. The van der Waals surface area contributed by atoms with Crippen molar-refractivity contribution in [3.63, 3.8) is 0 Å². The molecule has 1 atom stereocenters. The van der Waals surface area contributed by atoms with Crippen molar-refractivity contribution in [2.45, 2.75) is 17.7 Å². The van der Waals surface area contributed by atoms with Crippen molar-refractivity contribution < 1.29 is 4.39 Å². The van der Waals surface area contributed by atoms with Crippen molar-refractivity contribution in [2.75, 3.05) is 12.8 Å². The predicted molar refractivity (Wildman–Crippen MR) is 60.7 cm³/mol. The zero-order valence-electron chi connectivity index (χ0n) is 8.18. The molecule has 0 saturated carbocycles. The van der Waals surface area contributed by atoms with Crippen LogP contribution in [0.25, 0.3) is 0 Å². The molecule has 0 bridgehead atoms. The van der Waals surface area contributed by atoms with E-state index in [1.54, 1.807) is 12.3 Å². The summed E-state index contributed by atoms with van der Waals surface area (Å²) in [5, 5.41) is 0.466. The molecule has 1 aromatic carbocycles. The molecule has 0 saturated heterocycles.